The van der Waals surface area contributed by atoms with E-state index in [0.29, 0.717) is 12.3 Å². The molecular formula is C3H7ClO3Si. The first-order valence-corrected chi connectivity index (χ1v) is 3.99. The van der Waals surface area contributed by atoms with E-state index in [1.165, 1.54) is 0 Å². The van der Waals surface area contributed by atoms with Crippen LogP contribution in [-0.4, -0.2) is 26.5 Å². The third kappa shape index (κ3) is 5.91. The van der Waals surface area contributed by atoms with Crippen molar-refractivity contribution in [3.05, 3.63) is 0 Å². The van der Waals surface area contributed by atoms with E-state index in [4.69, 9.17) is 16.4 Å². The van der Waals surface area contributed by atoms with Crippen LogP contribution in [0.5, 0.6) is 0 Å². The lowest BCUT2D eigenvalue weighted by Crippen LogP contribution is -2.06. The van der Waals surface area contributed by atoms with Gasteiger partial charge in [-0.1, -0.05) is 0 Å². The van der Waals surface area contributed by atoms with E-state index in [2.05, 4.69) is 4.43 Å². The molecule has 1 N–H and O–H groups in total. The zero-order chi connectivity index (χ0) is 6.41. The van der Waals surface area contributed by atoms with Crippen LogP contribution in [0.15, 0.2) is 0 Å². The number of halogens is 1. The van der Waals surface area contributed by atoms with Gasteiger partial charge in [-0.15, -0.1) is 11.6 Å². The van der Waals surface area contributed by atoms with Crippen LogP contribution < -0.4 is 0 Å². The maximum absolute atomic E-state index is 9.79. The van der Waals surface area contributed by atoms with Gasteiger partial charge in [-0.2, -0.15) is 0 Å². The Balaban J connectivity index is 2.82. The smallest absolute Gasteiger partial charge is 0.511 e. The van der Waals surface area contributed by atoms with Crippen LogP contribution in [0, 0.1) is 0 Å². The predicted octanol–water partition coefficient (Wildman–Crippen LogP) is 0.0396. The number of alkyl halides is 1. The zero-order valence-electron chi connectivity index (χ0n) is 4.26. The first kappa shape index (κ1) is 7.91. The SMILES string of the molecule is O=[Si](O)OCCCCl. The third-order valence-corrected chi connectivity index (χ3v) is 1.22. The molecule has 0 aromatic heterocycles. The van der Waals surface area contributed by atoms with Gasteiger partial charge < -0.3 is 9.22 Å². The Kier molecular flexibility index (Phi) is 4.99. The minimum Gasteiger partial charge on any atom is -0.511 e. The molecule has 48 valence electrons. The summed E-state index contributed by atoms with van der Waals surface area (Å²) in [6.07, 6.45) is 0.624. The average molecular weight is 155 g/mol. The second-order valence-corrected chi connectivity index (χ2v) is 2.36. The van der Waals surface area contributed by atoms with Crippen molar-refractivity contribution in [3.8, 4) is 0 Å². The van der Waals surface area contributed by atoms with Crippen molar-refractivity contribution in [2.24, 2.45) is 0 Å². The highest BCUT2D eigenvalue weighted by atomic mass is 35.5. The minimum absolute atomic E-state index is 0.276. The van der Waals surface area contributed by atoms with Gasteiger partial charge in [0.1, 0.15) is 0 Å². The summed E-state index contributed by atoms with van der Waals surface area (Å²) in [5, 5.41) is 0. The van der Waals surface area contributed by atoms with E-state index in [-0.39, 0.29) is 6.61 Å². The molecule has 0 aromatic rings. The fraction of sp³-hybridized carbons (Fsp3) is 1.00. The van der Waals surface area contributed by atoms with Gasteiger partial charge in [0.25, 0.3) is 0 Å². The molecular weight excluding hydrogens is 148 g/mol. The molecule has 0 atom stereocenters. The normalized spacial score (nSPS) is 8.62. The molecule has 0 aliphatic rings. The molecule has 3 nitrogen and oxygen atoms in total. The number of hydrogen-bond donors (Lipinski definition) is 1. The van der Waals surface area contributed by atoms with E-state index in [9.17, 15) is 4.46 Å². The molecule has 0 unspecified atom stereocenters. The largest absolute Gasteiger partial charge is 0.764 e. The van der Waals surface area contributed by atoms with Crippen molar-refractivity contribution in [1.82, 2.24) is 0 Å². The predicted molar refractivity (Wildman–Crippen MR) is 29.9 cm³/mol. The summed E-state index contributed by atoms with van der Waals surface area (Å²) in [4.78, 5) is 8.06. The van der Waals surface area contributed by atoms with Crippen LogP contribution in [0.25, 0.3) is 0 Å². The monoisotopic (exact) mass is 154 g/mol. The van der Waals surface area contributed by atoms with Crippen molar-refractivity contribution in [2.45, 2.75) is 6.42 Å². The van der Waals surface area contributed by atoms with Crippen LogP contribution in [0.4, 0.5) is 0 Å². The van der Waals surface area contributed by atoms with Gasteiger partial charge in [-0.3, -0.25) is 4.46 Å². The molecule has 0 amide bonds. The quantitative estimate of drug-likeness (QED) is 0.353. The van der Waals surface area contributed by atoms with Gasteiger partial charge in [-0.25, -0.2) is 0 Å². The number of hydrogen-bond acceptors (Lipinski definition) is 2. The van der Waals surface area contributed by atoms with E-state index >= 15 is 0 Å². The molecule has 0 aromatic carbocycles. The van der Waals surface area contributed by atoms with Crippen LogP contribution >= 0.6 is 11.6 Å². The van der Waals surface area contributed by atoms with E-state index < -0.39 is 9.17 Å². The van der Waals surface area contributed by atoms with Crippen LogP contribution in [0.2, 0.25) is 0 Å². The molecule has 0 aliphatic heterocycles. The van der Waals surface area contributed by atoms with Gasteiger partial charge in [0.2, 0.25) is 0 Å². The summed E-state index contributed by atoms with van der Waals surface area (Å²) < 4.78 is 14.1. The van der Waals surface area contributed by atoms with Gasteiger partial charge in [0.05, 0.1) is 6.61 Å². The highest BCUT2D eigenvalue weighted by Crippen LogP contribution is 1.83. The molecule has 0 fully saturated rings. The topological polar surface area (TPSA) is 46.5 Å². The van der Waals surface area contributed by atoms with Gasteiger partial charge in [-0.05, 0) is 6.42 Å². The lowest BCUT2D eigenvalue weighted by atomic mass is 10.5. The van der Waals surface area contributed by atoms with Crippen molar-refractivity contribution in [1.29, 1.82) is 0 Å². The molecule has 0 aliphatic carbocycles. The van der Waals surface area contributed by atoms with E-state index in [1.54, 1.807) is 0 Å². The maximum atomic E-state index is 9.79. The summed E-state index contributed by atoms with van der Waals surface area (Å²) in [5.41, 5.74) is 0. The van der Waals surface area contributed by atoms with Gasteiger partial charge >= 0.3 is 9.17 Å². The van der Waals surface area contributed by atoms with Crippen LogP contribution in [0.3, 0.4) is 0 Å². The molecule has 0 spiro atoms. The Bertz CT molecular complexity index is 76.9. The summed E-state index contributed by atoms with van der Waals surface area (Å²) in [7, 11) is -2.72. The van der Waals surface area contributed by atoms with Crippen molar-refractivity contribution >= 4 is 20.8 Å². The molecule has 0 rings (SSSR count). The average Bonchev–Trinajstić information content (AvgIpc) is 1.66. The summed E-state index contributed by atoms with van der Waals surface area (Å²) in [6, 6.07) is 0. The molecule has 0 saturated carbocycles. The molecule has 5 heteroatoms. The Morgan fingerprint density at radius 1 is 1.75 bits per heavy atom. The van der Waals surface area contributed by atoms with Crippen molar-refractivity contribution < 1.29 is 13.7 Å². The van der Waals surface area contributed by atoms with E-state index in [0.717, 1.165) is 0 Å². The highest BCUT2D eigenvalue weighted by Gasteiger charge is 2.00. The van der Waals surface area contributed by atoms with Crippen molar-refractivity contribution in [3.63, 3.8) is 0 Å². The molecule has 8 heavy (non-hydrogen) atoms. The molecule has 0 bridgehead atoms. The highest BCUT2D eigenvalue weighted by molar-refractivity contribution is 6.24. The molecule has 0 radical (unpaired) electrons. The zero-order valence-corrected chi connectivity index (χ0v) is 6.02. The van der Waals surface area contributed by atoms with Crippen molar-refractivity contribution in [2.75, 3.05) is 12.5 Å². The van der Waals surface area contributed by atoms with Gasteiger partial charge in [0.15, 0.2) is 0 Å². The minimum atomic E-state index is -2.72. The second-order valence-electron chi connectivity index (χ2n) is 1.16. The first-order valence-electron chi connectivity index (χ1n) is 2.19. The van der Waals surface area contributed by atoms with Crippen LogP contribution in [-0.2, 0) is 8.89 Å². The lowest BCUT2D eigenvalue weighted by molar-refractivity contribution is 0.225. The summed E-state index contributed by atoms with van der Waals surface area (Å²) in [5.74, 6) is 0.467. The van der Waals surface area contributed by atoms with Crippen LogP contribution in [0.1, 0.15) is 6.42 Å². The first-order chi connectivity index (χ1) is 3.77. The Morgan fingerprint density at radius 3 is 2.75 bits per heavy atom. The maximum Gasteiger partial charge on any atom is 0.764 e. The Labute approximate surface area is 54.1 Å². The second kappa shape index (κ2) is 5.05. The standard InChI is InChI=1S/C3H7ClO3Si/c4-2-1-3-7-8(5)6/h5H,1-3H2. The lowest BCUT2D eigenvalue weighted by Gasteiger charge is -1.93. The fourth-order valence-electron chi connectivity index (χ4n) is 0.214. The Hall–Kier alpha value is -0.0931. The Morgan fingerprint density at radius 2 is 2.38 bits per heavy atom. The summed E-state index contributed by atoms with van der Waals surface area (Å²) >= 11 is 5.23. The molecule has 0 saturated heterocycles. The van der Waals surface area contributed by atoms with Gasteiger partial charge in [0, 0.05) is 5.88 Å². The fourth-order valence-corrected chi connectivity index (χ4v) is 0.642. The molecule has 0 heterocycles. The number of rotatable bonds is 4. The third-order valence-electron chi connectivity index (χ3n) is 0.504. The van der Waals surface area contributed by atoms with E-state index in [1.807, 2.05) is 0 Å². The summed E-state index contributed by atoms with van der Waals surface area (Å²) in [6.45, 7) is 0.276.